The van der Waals surface area contributed by atoms with Gasteiger partial charge in [-0.15, -0.1) is 0 Å². The number of hydrogen-bond donors (Lipinski definition) is 1. The number of methoxy groups -OCH3 is 1. The van der Waals surface area contributed by atoms with Crippen molar-refractivity contribution in [3.63, 3.8) is 0 Å². The molecule has 1 heterocycles. The Morgan fingerprint density at radius 2 is 2.00 bits per heavy atom. The molecule has 3 rings (SSSR count). The summed E-state index contributed by atoms with van der Waals surface area (Å²) in [6.07, 6.45) is 0.151. The first-order valence-electron chi connectivity index (χ1n) is 8.56. The van der Waals surface area contributed by atoms with Crippen LogP contribution in [0.4, 0.5) is 5.69 Å². The van der Waals surface area contributed by atoms with Crippen LogP contribution in [0.25, 0.3) is 0 Å². The van der Waals surface area contributed by atoms with Crippen molar-refractivity contribution in [3.05, 3.63) is 47.5 Å². The van der Waals surface area contributed by atoms with Gasteiger partial charge in [0.25, 0.3) is 5.91 Å². The van der Waals surface area contributed by atoms with Gasteiger partial charge in [0, 0.05) is 11.3 Å². The zero-order valence-electron chi connectivity index (χ0n) is 15.2. The number of carbonyl (C=O) groups excluding carboxylic acids is 1. The van der Waals surface area contributed by atoms with E-state index in [9.17, 15) is 4.79 Å². The van der Waals surface area contributed by atoms with Gasteiger partial charge in [-0.3, -0.25) is 4.79 Å². The first-order valence-corrected chi connectivity index (χ1v) is 8.56. The quantitative estimate of drug-likeness (QED) is 0.855. The number of rotatable bonds is 6. The van der Waals surface area contributed by atoms with Gasteiger partial charge in [0.15, 0.2) is 11.5 Å². The van der Waals surface area contributed by atoms with Crippen LogP contribution in [0.5, 0.6) is 17.2 Å². The number of benzene rings is 2. The summed E-state index contributed by atoms with van der Waals surface area (Å²) in [5.41, 5.74) is 2.14. The van der Waals surface area contributed by atoms with Crippen LogP contribution in [-0.2, 0) is 11.3 Å². The number of hydrogen-bond acceptors (Lipinski definition) is 5. The number of fused-ring (bicyclic) bond motifs is 1. The fourth-order valence-corrected chi connectivity index (χ4v) is 2.61. The van der Waals surface area contributed by atoms with Gasteiger partial charge in [-0.1, -0.05) is 12.1 Å². The summed E-state index contributed by atoms with van der Waals surface area (Å²) >= 11 is 0. The Morgan fingerprint density at radius 3 is 2.77 bits per heavy atom. The van der Waals surface area contributed by atoms with Crippen LogP contribution in [0.15, 0.2) is 36.4 Å². The Morgan fingerprint density at radius 1 is 1.19 bits per heavy atom. The van der Waals surface area contributed by atoms with Gasteiger partial charge in [0.2, 0.25) is 5.75 Å². The SMILES string of the molecule is COc1cc(C(=O)Nc2cccc(COC(C)C)c2)cc2c1OCCO2. The molecular formula is C20H23NO5. The second-order valence-corrected chi connectivity index (χ2v) is 6.22. The van der Waals surface area contributed by atoms with Crippen LogP contribution < -0.4 is 19.5 Å². The highest BCUT2D eigenvalue weighted by Gasteiger charge is 2.21. The average Bonchev–Trinajstić information content (AvgIpc) is 2.65. The van der Waals surface area contributed by atoms with E-state index in [0.717, 1.165) is 5.56 Å². The summed E-state index contributed by atoms with van der Waals surface area (Å²) in [7, 11) is 1.54. The van der Waals surface area contributed by atoms with Gasteiger partial charge in [-0.25, -0.2) is 0 Å². The summed E-state index contributed by atoms with van der Waals surface area (Å²) in [5.74, 6) is 1.27. The van der Waals surface area contributed by atoms with E-state index in [2.05, 4.69) is 5.32 Å². The summed E-state index contributed by atoms with van der Waals surface area (Å²) in [5, 5.41) is 2.90. The van der Waals surface area contributed by atoms with E-state index in [0.29, 0.717) is 48.3 Å². The standard InChI is InChI=1S/C20H23NO5/c1-13(2)26-12-14-5-4-6-16(9-14)21-20(22)15-10-17(23-3)19-18(11-15)24-7-8-25-19/h4-6,9-11,13H,7-8,12H2,1-3H3,(H,21,22). The molecule has 1 amide bonds. The van der Waals surface area contributed by atoms with Crippen molar-refractivity contribution in [3.8, 4) is 17.2 Å². The van der Waals surface area contributed by atoms with Crippen molar-refractivity contribution in [2.75, 3.05) is 25.6 Å². The van der Waals surface area contributed by atoms with Crippen molar-refractivity contribution in [1.82, 2.24) is 0 Å². The molecule has 1 aliphatic rings. The minimum atomic E-state index is -0.248. The first kappa shape index (κ1) is 18.1. The Labute approximate surface area is 153 Å². The predicted molar refractivity (Wildman–Crippen MR) is 98.3 cm³/mol. The molecule has 0 aliphatic carbocycles. The van der Waals surface area contributed by atoms with Crippen LogP contribution in [0, 0.1) is 0 Å². The molecule has 0 spiro atoms. The molecule has 0 bridgehead atoms. The molecule has 0 radical (unpaired) electrons. The van der Waals surface area contributed by atoms with Crippen molar-refractivity contribution < 1.29 is 23.7 Å². The maximum atomic E-state index is 12.7. The summed E-state index contributed by atoms with van der Waals surface area (Å²) in [6, 6.07) is 10.9. The summed E-state index contributed by atoms with van der Waals surface area (Å²) in [6.45, 7) is 5.38. The van der Waals surface area contributed by atoms with E-state index in [-0.39, 0.29) is 12.0 Å². The smallest absolute Gasteiger partial charge is 0.255 e. The van der Waals surface area contributed by atoms with E-state index in [1.54, 1.807) is 12.1 Å². The molecule has 2 aromatic rings. The highest BCUT2D eigenvalue weighted by molar-refractivity contribution is 6.05. The second-order valence-electron chi connectivity index (χ2n) is 6.22. The lowest BCUT2D eigenvalue weighted by Gasteiger charge is -2.21. The number of nitrogens with one attached hydrogen (secondary N) is 1. The Balaban J connectivity index is 1.77. The maximum Gasteiger partial charge on any atom is 0.255 e. The molecular weight excluding hydrogens is 334 g/mol. The predicted octanol–water partition coefficient (Wildman–Crippen LogP) is 3.64. The van der Waals surface area contributed by atoms with Crippen LogP contribution in [-0.4, -0.2) is 32.3 Å². The highest BCUT2D eigenvalue weighted by Crippen LogP contribution is 2.40. The zero-order chi connectivity index (χ0) is 18.5. The molecule has 0 fully saturated rings. The Bertz CT molecular complexity index is 771. The van der Waals surface area contributed by atoms with Crippen LogP contribution in [0.2, 0.25) is 0 Å². The molecule has 6 heteroatoms. The fraction of sp³-hybridized carbons (Fsp3) is 0.350. The van der Waals surface area contributed by atoms with E-state index in [4.69, 9.17) is 18.9 Å². The molecule has 1 N–H and O–H groups in total. The number of ether oxygens (including phenoxy) is 4. The number of anilines is 1. The third kappa shape index (κ3) is 4.26. The molecule has 0 atom stereocenters. The minimum absolute atomic E-state index is 0.151. The highest BCUT2D eigenvalue weighted by atomic mass is 16.6. The summed E-state index contributed by atoms with van der Waals surface area (Å²) < 4.78 is 22.1. The fourth-order valence-electron chi connectivity index (χ4n) is 2.61. The largest absolute Gasteiger partial charge is 0.493 e. The monoisotopic (exact) mass is 357 g/mol. The lowest BCUT2D eigenvalue weighted by atomic mass is 10.1. The van der Waals surface area contributed by atoms with Gasteiger partial charge in [0.1, 0.15) is 13.2 Å². The summed E-state index contributed by atoms with van der Waals surface area (Å²) in [4.78, 5) is 12.7. The number of carbonyl (C=O) groups is 1. The average molecular weight is 357 g/mol. The normalized spacial score (nSPS) is 12.8. The molecule has 6 nitrogen and oxygen atoms in total. The Kier molecular flexibility index (Phi) is 5.63. The molecule has 1 aliphatic heterocycles. The van der Waals surface area contributed by atoms with Gasteiger partial charge in [-0.2, -0.15) is 0 Å². The molecule has 0 unspecified atom stereocenters. The van der Waals surface area contributed by atoms with Gasteiger partial charge < -0.3 is 24.3 Å². The lowest BCUT2D eigenvalue weighted by molar-refractivity contribution is 0.0657. The van der Waals surface area contributed by atoms with Crippen molar-refractivity contribution in [2.24, 2.45) is 0 Å². The van der Waals surface area contributed by atoms with Crippen LogP contribution >= 0.6 is 0 Å². The van der Waals surface area contributed by atoms with E-state index in [1.807, 2.05) is 38.1 Å². The van der Waals surface area contributed by atoms with E-state index >= 15 is 0 Å². The molecule has 0 saturated heterocycles. The van der Waals surface area contributed by atoms with Gasteiger partial charge >= 0.3 is 0 Å². The van der Waals surface area contributed by atoms with Crippen molar-refractivity contribution >= 4 is 11.6 Å². The second kappa shape index (κ2) is 8.10. The molecule has 138 valence electrons. The number of amides is 1. The third-order valence-electron chi connectivity index (χ3n) is 3.86. The molecule has 2 aromatic carbocycles. The van der Waals surface area contributed by atoms with Crippen LogP contribution in [0.3, 0.4) is 0 Å². The van der Waals surface area contributed by atoms with Crippen molar-refractivity contribution in [1.29, 1.82) is 0 Å². The van der Waals surface area contributed by atoms with E-state index in [1.165, 1.54) is 7.11 Å². The molecule has 0 aromatic heterocycles. The minimum Gasteiger partial charge on any atom is -0.493 e. The van der Waals surface area contributed by atoms with E-state index < -0.39 is 0 Å². The van der Waals surface area contributed by atoms with Gasteiger partial charge in [-0.05, 0) is 43.7 Å². The van der Waals surface area contributed by atoms with Crippen molar-refractivity contribution in [2.45, 2.75) is 26.6 Å². The van der Waals surface area contributed by atoms with Gasteiger partial charge in [0.05, 0.1) is 19.8 Å². The maximum absolute atomic E-state index is 12.7. The lowest BCUT2D eigenvalue weighted by Crippen LogP contribution is -2.18. The molecule has 26 heavy (non-hydrogen) atoms. The van der Waals surface area contributed by atoms with Crippen LogP contribution in [0.1, 0.15) is 29.8 Å². The Hall–Kier alpha value is -2.73. The topological polar surface area (TPSA) is 66.0 Å². The molecule has 0 saturated carbocycles. The zero-order valence-corrected chi connectivity index (χ0v) is 15.2. The third-order valence-corrected chi connectivity index (χ3v) is 3.86. The first-order chi connectivity index (χ1) is 12.6.